The van der Waals surface area contributed by atoms with Gasteiger partial charge >= 0.3 is 0 Å². The van der Waals surface area contributed by atoms with E-state index < -0.39 is 6.04 Å². The highest BCUT2D eigenvalue weighted by atomic mass is 19.1. The largest absolute Gasteiger partial charge is 0.396 e. The van der Waals surface area contributed by atoms with Crippen molar-refractivity contribution in [2.75, 3.05) is 6.61 Å². The number of hydrogen-bond acceptors (Lipinski definition) is 5. The van der Waals surface area contributed by atoms with Crippen molar-refractivity contribution in [2.24, 2.45) is 5.73 Å². The Kier molecular flexibility index (Phi) is 3.46. The van der Waals surface area contributed by atoms with E-state index >= 15 is 0 Å². The van der Waals surface area contributed by atoms with Crippen LogP contribution in [0.25, 0.3) is 11.4 Å². The van der Waals surface area contributed by atoms with Crippen LogP contribution in [0.15, 0.2) is 28.8 Å². The highest BCUT2D eigenvalue weighted by Gasteiger charge is 2.15. The maximum absolute atomic E-state index is 12.7. The van der Waals surface area contributed by atoms with Crippen molar-refractivity contribution >= 4 is 0 Å². The van der Waals surface area contributed by atoms with Crippen LogP contribution in [0.3, 0.4) is 0 Å². The summed E-state index contributed by atoms with van der Waals surface area (Å²) in [6.07, 6.45) is 0.352. The molecule has 3 N–H and O–H groups in total. The number of aliphatic hydroxyl groups excluding tert-OH is 1. The average molecular weight is 237 g/mol. The molecule has 0 saturated carbocycles. The monoisotopic (exact) mass is 237 g/mol. The number of rotatable bonds is 4. The van der Waals surface area contributed by atoms with Gasteiger partial charge in [0.2, 0.25) is 11.7 Å². The van der Waals surface area contributed by atoms with Crippen molar-refractivity contribution in [1.82, 2.24) is 10.1 Å². The van der Waals surface area contributed by atoms with Crippen LogP contribution in [0.4, 0.5) is 4.39 Å². The standard InChI is InChI=1S/C11H12FN3O2/c12-8-3-1-7(2-4-8)10-14-11(17-15-10)9(13)5-6-16/h1-4,9,16H,5-6,13H2. The number of nitrogens with zero attached hydrogens (tertiary/aromatic N) is 2. The van der Waals surface area contributed by atoms with Crippen LogP contribution in [0, 0.1) is 5.82 Å². The van der Waals surface area contributed by atoms with Gasteiger partial charge in [-0.15, -0.1) is 0 Å². The van der Waals surface area contributed by atoms with Crippen LogP contribution in [-0.2, 0) is 0 Å². The highest BCUT2D eigenvalue weighted by molar-refractivity contribution is 5.53. The lowest BCUT2D eigenvalue weighted by Gasteiger charge is -2.01. The third kappa shape index (κ3) is 2.66. The summed E-state index contributed by atoms with van der Waals surface area (Å²) in [5.41, 5.74) is 6.36. The van der Waals surface area contributed by atoms with Crippen LogP contribution in [-0.4, -0.2) is 21.9 Å². The fraction of sp³-hybridized carbons (Fsp3) is 0.273. The molecule has 0 bridgehead atoms. The summed E-state index contributed by atoms with van der Waals surface area (Å²) < 4.78 is 17.7. The van der Waals surface area contributed by atoms with E-state index in [0.29, 0.717) is 17.8 Å². The van der Waals surface area contributed by atoms with Gasteiger partial charge in [0.1, 0.15) is 5.82 Å². The lowest BCUT2D eigenvalue weighted by Crippen LogP contribution is -2.12. The van der Waals surface area contributed by atoms with E-state index in [1.54, 1.807) is 12.1 Å². The van der Waals surface area contributed by atoms with Gasteiger partial charge in [-0.2, -0.15) is 4.98 Å². The van der Waals surface area contributed by atoms with E-state index in [4.69, 9.17) is 15.4 Å². The Bertz CT molecular complexity index is 484. The van der Waals surface area contributed by atoms with Crippen LogP contribution in [0.1, 0.15) is 18.4 Å². The second-order valence-electron chi connectivity index (χ2n) is 3.58. The summed E-state index contributed by atoms with van der Waals surface area (Å²) in [7, 11) is 0. The molecular weight excluding hydrogens is 225 g/mol. The lowest BCUT2D eigenvalue weighted by molar-refractivity contribution is 0.259. The van der Waals surface area contributed by atoms with Crippen molar-refractivity contribution in [1.29, 1.82) is 0 Å². The van der Waals surface area contributed by atoms with E-state index in [9.17, 15) is 4.39 Å². The Labute approximate surface area is 97.1 Å². The Balaban J connectivity index is 2.20. The smallest absolute Gasteiger partial charge is 0.243 e. The normalized spacial score (nSPS) is 12.6. The third-order valence-electron chi connectivity index (χ3n) is 2.30. The molecule has 1 heterocycles. The molecule has 17 heavy (non-hydrogen) atoms. The average Bonchev–Trinajstić information content (AvgIpc) is 2.80. The van der Waals surface area contributed by atoms with Gasteiger partial charge in [0.15, 0.2) is 0 Å². The molecule has 0 radical (unpaired) electrons. The quantitative estimate of drug-likeness (QED) is 0.836. The van der Waals surface area contributed by atoms with Crippen LogP contribution < -0.4 is 5.73 Å². The van der Waals surface area contributed by atoms with Crippen molar-refractivity contribution in [3.8, 4) is 11.4 Å². The summed E-state index contributed by atoms with van der Waals surface area (Å²) in [6.45, 7) is -0.0462. The molecule has 0 aliphatic rings. The summed E-state index contributed by atoms with van der Waals surface area (Å²) in [5.74, 6) is 0.293. The maximum atomic E-state index is 12.7. The molecule has 0 fully saturated rings. The van der Waals surface area contributed by atoms with Crippen LogP contribution in [0.5, 0.6) is 0 Å². The van der Waals surface area contributed by atoms with Crippen molar-refractivity contribution in [3.05, 3.63) is 36.0 Å². The second-order valence-corrected chi connectivity index (χ2v) is 3.58. The van der Waals surface area contributed by atoms with E-state index in [2.05, 4.69) is 10.1 Å². The summed E-state index contributed by atoms with van der Waals surface area (Å²) in [6, 6.07) is 5.27. The Hall–Kier alpha value is -1.79. The molecule has 2 aromatic rings. The van der Waals surface area contributed by atoms with Crippen LogP contribution in [0.2, 0.25) is 0 Å². The molecule has 1 unspecified atom stereocenters. The van der Waals surface area contributed by atoms with Crippen molar-refractivity contribution < 1.29 is 14.0 Å². The zero-order valence-electron chi connectivity index (χ0n) is 9.01. The van der Waals surface area contributed by atoms with Gasteiger partial charge < -0.3 is 15.4 Å². The van der Waals surface area contributed by atoms with Gasteiger partial charge in [0, 0.05) is 12.2 Å². The molecule has 1 aromatic carbocycles. The molecule has 90 valence electrons. The molecule has 0 aliphatic carbocycles. The summed E-state index contributed by atoms with van der Waals surface area (Å²) >= 11 is 0. The van der Waals surface area contributed by atoms with E-state index in [1.165, 1.54) is 12.1 Å². The fourth-order valence-electron chi connectivity index (χ4n) is 1.36. The topological polar surface area (TPSA) is 85.2 Å². The van der Waals surface area contributed by atoms with E-state index in [0.717, 1.165) is 0 Å². The molecule has 6 heteroatoms. The summed E-state index contributed by atoms with van der Waals surface area (Å²) in [5, 5.41) is 12.5. The minimum Gasteiger partial charge on any atom is -0.396 e. The molecule has 2 rings (SSSR count). The molecule has 0 amide bonds. The first kappa shape index (κ1) is 11.7. The number of benzene rings is 1. The van der Waals surface area contributed by atoms with Gasteiger partial charge in [0.25, 0.3) is 0 Å². The Morgan fingerprint density at radius 2 is 2.06 bits per heavy atom. The number of nitrogens with two attached hydrogens (primary N) is 1. The molecule has 0 spiro atoms. The van der Waals surface area contributed by atoms with Gasteiger partial charge in [-0.1, -0.05) is 5.16 Å². The number of aliphatic hydroxyl groups is 1. The maximum Gasteiger partial charge on any atom is 0.243 e. The SMILES string of the molecule is NC(CCO)c1nc(-c2ccc(F)cc2)no1. The van der Waals surface area contributed by atoms with Crippen LogP contribution >= 0.6 is 0 Å². The second kappa shape index (κ2) is 5.03. The highest BCUT2D eigenvalue weighted by Crippen LogP contribution is 2.19. The third-order valence-corrected chi connectivity index (χ3v) is 2.30. The van der Waals surface area contributed by atoms with Gasteiger partial charge in [-0.25, -0.2) is 4.39 Å². The van der Waals surface area contributed by atoms with Crippen molar-refractivity contribution in [2.45, 2.75) is 12.5 Å². The predicted molar refractivity (Wildman–Crippen MR) is 58.3 cm³/mol. The number of hydrogen-bond donors (Lipinski definition) is 2. The van der Waals surface area contributed by atoms with Gasteiger partial charge in [-0.3, -0.25) is 0 Å². The van der Waals surface area contributed by atoms with Crippen molar-refractivity contribution in [3.63, 3.8) is 0 Å². The fourth-order valence-corrected chi connectivity index (χ4v) is 1.36. The Morgan fingerprint density at radius 3 is 2.71 bits per heavy atom. The number of aromatic nitrogens is 2. The summed E-state index contributed by atoms with van der Waals surface area (Å²) in [4.78, 5) is 4.09. The molecule has 5 nitrogen and oxygen atoms in total. The predicted octanol–water partition coefficient (Wildman–Crippen LogP) is 1.26. The molecule has 0 aliphatic heterocycles. The zero-order chi connectivity index (χ0) is 12.3. The molecular formula is C11H12FN3O2. The van der Waals surface area contributed by atoms with E-state index in [-0.39, 0.29) is 18.3 Å². The zero-order valence-corrected chi connectivity index (χ0v) is 9.01. The number of halogens is 1. The molecule has 1 atom stereocenters. The first-order valence-electron chi connectivity index (χ1n) is 5.16. The van der Waals surface area contributed by atoms with Gasteiger partial charge in [-0.05, 0) is 30.7 Å². The lowest BCUT2D eigenvalue weighted by atomic mass is 10.2. The van der Waals surface area contributed by atoms with Gasteiger partial charge in [0.05, 0.1) is 6.04 Å². The Morgan fingerprint density at radius 1 is 1.35 bits per heavy atom. The minimum absolute atomic E-state index is 0.0462. The molecule has 0 saturated heterocycles. The van der Waals surface area contributed by atoms with E-state index in [1.807, 2.05) is 0 Å². The minimum atomic E-state index is -0.485. The first-order valence-corrected chi connectivity index (χ1v) is 5.16. The first-order chi connectivity index (χ1) is 8.20. The molecule has 1 aromatic heterocycles.